The van der Waals surface area contributed by atoms with Crippen molar-refractivity contribution in [3.05, 3.63) is 70.9 Å². The monoisotopic (exact) mass is 456 g/mol. The maximum absolute atomic E-state index is 12.9. The number of ether oxygens (including phenoxy) is 1. The molecule has 6 nitrogen and oxygen atoms in total. The zero-order valence-electron chi connectivity index (χ0n) is 17.3. The number of carbonyl (C=O) groups is 2. The number of fused-ring (bicyclic) bond motifs is 2. The van der Waals surface area contributed by atoms with Gasteiger partial charge in [0, 0.05) is 5.39 Å². The number of alkyl halides is 3. The zero-order valence-corrected chi connectivity index (χ0v) is 17.3. The van der Waals surface area contributed by atoms with E-state index in [1.54, 1.807) is 53.8 Å². The number of rotatable bonds is 5. The Bertz CT molecular complexity index is 1250. The van der Waals surface area contributed by atoms with E-state index in [2.05, 4.69) is 0 Å². The second-order valence-electron chi connectivity index (χ2n) is 7.56. The molecular weight excluding hydrogens is 437 g/mol. The molecule has 0 spiro atoms. The highest BCUT2D eigenvalue weighted by atomic mass is 19.4. The van der Waals surface area contributed by atoms with Crippen LogP contribution < -0.4 is 5.32 Å². The number of benzene rings is 2. The topological polar surface area (TPSA) is 88.5 Å². The van der Waals surface area contributed by atoms with Crippen LogP contribution >= 0.6 is 0 Å². The van der Waals surface area contributed by atoms with Crippen LogP contribution in [0.3, 0.4) is 0 Å². The molecule has 0 saturated carbocycles. The average molecular weight is 456 g/mol. The minimum Gasteiger partial charge on any atom is -0.508 e. The molecule has 4 rings (SSSR count). The minimum atomic E-state index is -4.55. The Labute approximate surface area is 186 Å². The number of amides is 1. The van der Waals surface area contributed by atoms with Gasteiger partial charge in [0.2, 0.25) is 0 Å². The fraction of sp³-hybridized carbons (Fsp3) is 0.208. The van der Waals surface area contributed by atoms with E-state index in [1.807, 2.05) is 6.08 Å². The third-order valence-corrected chi connectivity index (χ3v) is 5.20. The van der Waals surface area contributed by atoms with Crippen LogP contribution in [0.15, 0.2) is 48.5 Å². The summed E-state index contributed by atoms with van der Waals surface area (Å²) < 4.78 is 41.9. The maximum atomic E-state index is 12.9. The number of allylic oxidation sites excluding steroid dienone is 1. The average Bonchev–Trinajstić information content (AvgIpc) is 3.17. The van der Waals surface area contributed by atoms with Gasteiger partial charge >= 0.3 is 12.1 Å². The van der Waals surface area contributed by atoms with Gasteiger partial charge in [-0.05, 0) is 53.8 Å². The van der Waals surface area contributed by atoms with Gasteiger partial charge < -0.3 is 15.2 Å². The summed E-state index contributed by atoms with van der Waals surface area (Å²) in [6.07, 6.45) is -1.50. The van der Waals surface area contributed by atoms with Crippen molar-refractivity contribution in [1.82, 2.24) is 10.3 Å². The molecular formula is C24H19F3N2O4. The van der Waals surface area contributed by atoms with Crippen molar-refractivity contribution in [2.45, 2.75) is 19.0 Å². The summed E-state index contributed by atoms with van der Waals surface area (Å²) in [5, 5.41) is 11.7. The van der Waals surface area contributed by atoms with Crippen molar-refractivity contribution >= 4 is 34.4 Å². The minimum absolute atomic E-state index is 0.150. The standard InChI is InChI=1S/C24H19F3N2O4/c25-24(26,27)13-28-20(31)12-33-23(32)21-17-3-1-2-4-19(17)29-22-15(7-10-18(21)22)11-14-5-8-16(30)9-6-14/h1-6,8-9,11,30H,7,10,12-13H2,(H,28,31)/b15-11-. The van der Waals surface area contributed by atoms with Crippen LogP contribution in [-0.4, -0.2) is 41.3 Å². The van der Waals surface area contributed by atoms with E-state index < -0.39 is 31.2 Å². The molecule has 1 aromatic heterocycles. The quantitative estimate of drug-likeness (QED) is 0.560. The molecule has 2 N–H and O–H groups in total. The summed E-state index contributed by atoms with van der Waals surface area (Å²) in [5.41, 5.74) is 3.88. The Hall–Kier alpha value is -3.88. The Morgan fingerprint density at radius 3 is 2.55 bits per heavy atom. The normalized spacial score (nSPS) is 14.3. The molecule has 1 amide bonds. The fourth-order valence-electron chi connectivity index (χ4n) is 3.74. The summed E-state index contributed by atoms with van der Waals surface area (Å²) >= 11 is 0. The van der Waals surface area contributed by atoms with E-state index in [4.69, 9.17) is 9.72 Å². The van der Waals surface area contributed by atoms with E-state index in [0.717, 1.165) is 11.1 Å². The first-order valence-electron chi connectivity index (χ1n) is 10.1. The number of halogens is 3. The molecule has 0 aliphatic heterocycles. The molecule has 1 aliphatic carbocycles. The van der Waals surface area contributed by atoms with Crippen LogP contribution in [-0.2, 0) is 16.0 Å². The van der Waals surface area contributed by atoms with Crippen LogP contribution in [0.5, 0.6) is 5.75 Å². The highest BCUT2D eigenvalue weighted by molar-refractivity contribution is 6.07. The highest BCUT2D eigenvalue weighted by Crippen LogP contribution is 2.37. The van der Waals surface area contributed by atoms with E-state index in [9.17, 15) is 27.9 Å². The zero-order chi connectivity index (χ0) is 23.6. The van der Waals surface area contributed by atoms with Crippen LogP contribution in [0.25, 0.3) is 22.6 Å². The SMILES string of the molecule is O=C(COC(=O)c1c2c(nc3ccccc13)/C(=C\c1ccc(O)cc1)CC2)NCC(F)(F)F. The lowest BCUT2D eigenvalue weighted by molar-refractivity contribution is -0.140. The molecule has 0 fully saturated rings. The molecule has 2 aromatic carbocycles. The molecule has 0 radical (unpaired) electrons. The molecule has 0 unspecified atom stereocenters. The number of aromatic nitrogens is 1. The molecule has 1 heterocycles. The van der Waals surface area contributed by atoms with Gasteiger partial charge in [0.05, 0.1) is 16.8 Å². The van der Waals surface area contributed by atoms with Crippen molar-refractivity contribution in [1.29, 1.82) is 0 Å². The Kier molecular flexibility index (Phi) is 6.04. The molecule has 0 atom stereocenters. The lowest BCUT2D eigenvalue weighted by Gasteiger charge is -2.13. The molecule has 0 saturated heterocycles. The van der Waals surface area contributed by atoms with Crippen molar-refractivity contribution in [2.75, 3.05) is 13.2 Å². The third kappa shape index (κ3) is 5.14. The number of nitrogens with one attached hydrogen (secondary N) is 1. The number of phenolic OH excluding ortho intramolecular Hbond substituents is 1. The lowest BCUT2D eigenvalue weighted by atomic mass is 10.0. The van der Waals surface area contributed by atoms with Crippen LogP contribution in [0.1, 0.15) is 33.6 Å². The second-order valence-corrected chi connectivity index (χ2v) is 7.56. The number of phenols is 1. The number of hydrogen-bond donors (Lipinski definition) is 2. The first kappa shape index (κ1) is 22.3. The fourth-order valence-corrected chi connectivity index (χ4v) is 3.74. The Balaban J connectivity index is 1.64. The number of carbonyl (C=O) groups excluding carboxylic acids is 2. The van der Waals surface area contributed by atoms with Gasteiger partial charge in [-0.2, -0.15) is 13.2 Å². The van der Waals surface area contributed by atoms with Crippen molar-refractivity contribution in [2.24, 2.45) is 0 Å². The van der Waals surface area contributed by atoms with Gasteiger partial charge in [-0.1, -0.05) is 30.3 Å². The largest absolute Gasteiger partial charge is 0.508 e. The molecule has 3 aromatic rings. The van der Waals surface area contributed by atoms with E-state index >= 15 is 0 Å². The van der Waals surface area contributed by atoms with Gasteiger partial charge in [-0.25, -0.2) is 9.78 Å². The van der Waals surface area contributed by atoms with Crippen molar-refractivity contribution < 1.29 is 32.6 Å². The molecule has 1 aliphatic rings. The number of esters is 1. The summed E-state index contributed by atoms with van der Waals surface area (Å²) in [6.45, 7) is -2.32. The molecule has 9 heteroatoms. The van der Waals surface area contributed by atoms with Crippen LogP contribution in [0.4, 0.5) is 13.2 Å². The first-order chi connectivity index (χ1) is 15.7. The Morgan fingerprint density at radius 1 is 1.09 bits per heavy atom. The predicted molar refractivity (Wildman–Crippen MR) is 115 cm³/mol. The van der Waals surface area contributed by atoms with Gasteiger partial charge in [-0.3, -0.25) is 4.79 Å². The van der Waals surface area contributed by atoms with Crippen LogP contribution in [0.2, 0.25) is 0 Å². The number of pyridine rings is 1. The lowest BCUT2D eigenvalue weighted by Crippen LogP contribution is -2.36. The summed E-state index contributed by atoms with van der Waals surface area (Å²) in [4.78, 5) is 29.3. The highest BCUT2D eigenvalue weighted by Gasteiger charge is 2.29. The predicted octanol–water partition coefficient (Wildman–Crippen LogP) is 4.26. The molecule has 170 valence electrons. The summed E-state index contributed by atoms with van der Waals surface area (Å²) in [5.74, 6) is -1.68. The van der Waals surface area contributed by atoms with Gasteiger partial charge in [0.1, 0.15) is 12.3 Å². The van der Waals surface area contributed by atoms with E-state index in [-0.39, 0.29) is 11.3 Å². The summed E-state index contributed by atoms with van der Waals surface area (Å²) in [6, 6.07) is 13.6. The van der Waals surface area contributed by atoms with Gasteiger partial charge in [0.25, 0.3) is 5.91 Å². The number of aromatic hydroxyl groups is 1. The van der Waals surface area contributed by atoms with E-state index in [0.29, 0.717) is 35.0 Å². The van der Waals surface area contributed by atoms with Crippen molar-refractivity contribution in [3.8, 4) is 5.75 Å². The summed E-state index contributed by atoms with van der Waals surface area (Å²) in [7, 11) is 0. The number of hydrogen-bond acceptors (Lipinski definition) is 5. The number of nitrogens with zero attached hydrogens (tertiary/aromatic N) is 1. The van der Waals surface area contributed by atoms with Crippen molar-refractivity contribution in [3.63, 3.8) is 0 Å². The van der Waals surface area contributed by atoms with Crippen LogP contribution in [0, 0.1) is 0 Å². The third-order valence-electron chi connectivity index (χ3n) is 5.20. The van der Waals surface area contributed by atoms with Gasteiger partial charge in [-0.15, -0.1) is 0 Å². The number of para-hydroxylation sites is 1. The second kappa shape index (κ2) is 8.93. The van der Waals surface area contributed by atoms with E-state index in [1.165, 1.54) is 0 Å². The smallest absolute Gasteiger partial charge is 0.405 e. The maximum Gasteiger partial charge on any atom is 0.405 e. The molecule has 33 heavy (non-hydrogen) atoms. The Morgan fingerprint density at radius 2 is 1.82 bits per heavy atom. The first-order valence-corrected chi connectivity index (χ1v) is 10.1. The van der Waals surface area contributed by atoms with Gasteiger partial charge in [0.15, 0.2) is 6.61 Å². The molecule has 0 bridgehead atoms.